The molecule has 1 aromatic heterocycles. The van der Waals surface area contributed by atoms with Crippen LogP contribution >= 0.6 is 46.3 Å². The molecular formula is C27H22Cl2N4O4S2. The summed E-state index contributed by atoms with van der Waals surface area (Å²) < 4.78 is 6.88. The van der Waals surface area contributed by atoms with Crippen molar-refractivity contribution in [1.29, 1.82) is 0 Å². The standard InChI is InChI=1S/C27H22Cl2N4O4S2/c28-19-6-3-7-20(29)24(19)32-23(34)15-38-27-31-21-9-8-16(14-22(21)39-27)30-25(35)17-4-1-2-5-18(17)26(36)33-10-12-37-13-11-33/h1-9,14H,10-13,15H2,(H,30,35)(H,32,34). The van der Waals surface area contributed by atoms with Gasteiger partial charge in [0.05, 0.1) is 56.0 Å². The molecule has 0 unspecified atom stereocenters. The first-order valence-corrected chi connectivity index (χ1v) is 14.5. The van der Waals surface area contributed by atoms with Gasteiger partial charge in [-0.2, -0.15) is 0 Å². The molecule has 4 aromatic rings. The average Bonchev–Trinajstić information content (AvgIpc) is 3.36. The molecule has 5 rings (SSSR count). The number of hydrogen-bond donors (Lipinski definition) is 2. The molecule has 3 amide bonds. The first kappa shape index (κ1) is 27.4. The lowest BCUT2D eigenvalue weighted by Crippen LogP contribution is -2.41. The van der Waals surface area contributed by atoms with E-state index in [0.717, 1.165) is 10.2 Å². The molecule has 1 fully saturated rings. The maximum absolute atomic E-state index is 13.2. The number of thiazole rings is 1. The Kier molecular flexibility index (Phi) is 8.69. The Hall–Kier alpha value is -3.15. The molecule has 0 radical (unpaired) electrons. The van der Waals surface area contributed by atoms with Crippen LogP contribution in [0.4, 0.5) is 11.4 Å². The third-order valence-corrected chi connectivity index (χ3v) is 8.67. The van der Waals surface area contributed by atoms with Gasteiger partial charge in [-0.15, -0.1) is 11.3 Å². The molecule has 8 nitrogen and oxygen atoms in total. The first-order chi connectivity index (χ1) is 18.9. The zero-order chi connectivity index (χ0) is 27.4. The molecular weight excluding hydrogens is 579 g/mol. The Morgan fingerprint density at radius 1 is 0.949 bits per heavy atom. The quantitative estimate of drug-likeness (QED) is 0.250. The number of fused-ring (bicyclic) bond motifs is 1. The largest absolute Gasteiger partial charge is 0.378 e. The molecule has 0 spiro atoms. The van der Waals surface area contributed by atoms with Gasteiger partial charge >= 0.3 is 0 Å². The molecule has 0 aliphatic carbocycles. The van der Waals surface area contributed by atoms with Crippen molar-refractivity contribution in [2.75, 3.05) is 42.7 Å². The number of carbonyl (C=O) groups excluding carboxylic acids is 3. The molecule has 39 heavy (non-hydrogen) atoms. The van der Waals surface area contributed by atoms with Crippen LogP contribution < -0.4 is 10.6 Å². The number of thioether (sulfide) groups is 1. The Bertz CT molecular complexity index is 1540. The van der Waals surface area contributed by atoms with Crippen molar-refractivity contribution < 1.29 is 19.1 Å². The third-order valence-electron chi connectivity index (χ3n) is 5.88. The lowest BCUT2D eigenvalue weighted by molar-refractivity contribution is -0.113. The number of amides is 3. The van der Waals surface area contributed by atoms with E-state index in [0.29, 0.717) is 63.2 Å². The van der Waals surface area contributed by atoms with Crippen molar-refractivity contribution in [2.24, 2.45) is 0 Å². The van der Waals surface area contributed by atoms with E-state index in [1.165, 1.54) is 23.1 Å². The highest BCUT2D eigenvalue weighted by Crippen LogP contribution is 2.33. The van der Waals surface area contributed by atoms with E-state index in [1.54, 1.807) is 59.5 Å². The summed E-state index contributed by atoms with van der Waals surface area (Å²) in [4.78, 5) is 44.9. The predicted octanol–water partition coefficient (Wildman–Crippen LogP) is 6.06. The van der Waals surface area contributed by atoms with Gasteiger partial charge in [-0.05, 0) is 42.5 Å². The molecule has 3 aromatic carbocycles. The van der Waals surface area contributed by atoms with Gasteiger partial charge in [0.15, 0.2) is 4.34 Å². The fraction of sp³-hybridized carbons (Fsp3) is 0.185. The van der Waals surface area contributed by atoms with Crippen LogP contribution in [0, 0.1) is 0 Å². The van der Waals surface area contributed by atoms with Gasteiger partial charge in [-0.3, -0.25) is 14.4 Å². The highest BCUT2D eigenvalue weighted by atomic mass is 35.5. The van der Waals surface area contributed by atoms with E-state index in [9.17, 15) is 14.4 Å². The van der Waals surface area contributed by atoms with Gasteiger partial charge in [-0.25, -0.2) is 4.98 Å². The van der Waals surface area contributed by atoms with Crippen LogP contribution in [0.15, 0.2) is 65.0 Å². The summed E-state index contributed by atoms with van der Waals surface area (Å²) in [5.41, 5.74) is 2.36. The summed E-state index contributed by atoms with van der Waals surface area (Å²) in [6.45, 7) is 1.95. The van der Waals surface area contributed by atoms with Crippen molar-refractivity contribution in [3.05, 3.63) is 81.8 Å². The second-order valence-electron chi connectivity index (χ2n) is 8.50. The molecule has 12 heteroatoms. The van der Waals surface area contributed by atoms with Crippen molar-refractivity contribution in [3.8, 4) is 0 Å². The number of benzene rings is 3. The predicted molar refractivity (Wildman–Crippen MR) is 157 cm³/mol. The molecule has 200 valence electrons. The normalized spacial score (nSPS) is 13.3. The van der Waals surface area contributed by atoms with Crippen LogP contribution in [0.25, 0.3) is 10.2 Å². The first-order valence-electron chi connectivity index (χ1n) is 11.9. The van der Waals surface area contributed by atoms with E-state index >= 15 is 0 Å². The van der Waals surface area contributed by atoms with Crippen LogP contribution in [0.1, 0.15) is 20.7 Å². The fourth-order valence-electron chi connectivity index (χ4n) is 3.97. The van der Waals surface area contributed by atoms with E-state index in [4.69, 9.17) is 27.9 Å². The number of halogens is 2. The number of para-hydroxylation sites is 1. The minimum Gasteiger partial charge on any atom is -0.378 e. The van der Waals surface area contributed by atoms with Crippen molar-refractivity contribution >= 4 is 85.6 Å². The zero-order valence-electron chi connectivity index (χ0n) is 20.4. The van der Waals surface area contributed by atoms with E-state index < -0.39 is 0 Å². The van der Waals surface area contributed by atoms with E-state index in [-0.39, 0.29) is 23.5 Å². The van der Waals surface area contributed by atoms with Gasteiger partial charge in [0, 0.05) is 18.8 Å². The zero-order valence-corrected chi connectivity index (χ0v) is 23.6. The lowest BCUT2D eigenvalue weighted by Gasteiger charge is -2.27. The Morgan fingerprint density at radius 2 is 1.67 bits per heavy atom. The molecule has 2 heterocycles. The average molecular weight is 602 g/mol. The fourth-order valence-corrected chi connectivity index (χ4v) is 6.37. The highest BCUT2D eigenvalue weighted by Gasteiger charge is 2.23. The Balaban J connectivity index is 1.24. The molecule has 1 aliphatic rings. The van der Waals surface area contributed by atoms with Gasteiger partial charge in [-0.1, -0.05) is 53.2 Å². The number of carbonyl (C=O) groups is 3. The highest BCUT2D eigenvalue weighted by molar-refractivity contribution is 8.01. The SMILES string of the molecule is O=C(CSc1nc2ccc(NC(=O)c3ccccc3C(=O)N3CCOCC3)cc2s1)Nc1c(Cl)cccc1Cl. The van der Waals surface area contributed by atoms with Crippen LogP contribution in [-0.4, -0.2) is 59.7 Å². The maximum atomic E-state index is 13.2. The Morgan fingerprint density at radius 3 is 2.41 bits per heavy atom. The van der Waals surface area contributed by atoms with Gasteiger partial charge in [0.25, 0.3) is 11.8 Å². The van der Waals surface area contributed by atoms with Crippen molar-refractivity contribution in [3.63, 3.8) is 0 Å². The maximum Gasteiger partial charge on any atom is 0.256 e. The third kappa shape index (κ3) is 6.54. The van der Waals surface area contributed by atoms with E-state index in [1.807, 2.05) is 6.07 Å². The monoisotopic (exact) mass is 600 g/mol. The van der Waals surface area contributed by atoms with Crippen molar-refractivity contribution in [1.82, 2.24) is 9.88 Å². The number of hydrogen-bond acceptors (Lipinski definition) is 7. The minimum atomic E-state index is -0.374. The number of ether oxygens (including phenoxy) is 1. The van der Waals surface area contributed by atoms with Crippen LogP contribution in [-0.2, 0) is 9.53 Å². The lowest BCUT2D eigenvalue weighted by atomic mass is 10.0. The van der Waals surface area contributed by atoms with E-state index in [2.05, 4.69) is 15.6 Å². The van der Waals surface area contributed by atoms with Crippen LogP contribution in [0.5, 0.6) is 0 Å². The number of rotatable bonds is 7. The number of nitrogens with zero attached hydrogens (tertiary/aromatic N) is 2. The molecule has 0 atom stereocenters. The summed E-state index contributed by atoms with van der Waals surface area (Å²) in [5, 5.41) is 6.36. The molecule has 1 saturated heterocycles. The van der Waals surface area contributed by atoms with Gasteiger partial charge in [0.2, 0.25) is 5.91 Å². The number of anilines is 2. The number of nitrogens with one attached hydrogen (secondary N) is 2. The summed E-state index contributed by atoms with van der Waals surface area (Å²) in [6, 6.07) is 17.2. The topological polar surface area (TPSA) is 101 Å². The van der Waals surface area contributed by atoms with Crippen LogP contribution in [0.2, 0.25) is 10.0 Å². The summed E-state index contributed by atoms with van der Waals surface area (Å²) in [6.07, 6.45) is 0. The second kappa shape index (κ2) is 12.4. The molecule has 2 N–H and O–H groups in total. The summed E-state index contributed by atoms with van der Waals surface area (Å²) >= 11 is 15.0. The smallest absolute Gasteiger partial charge is 0.256 e. The molecule has 0 saturated carbocycles. The van der Waals surface area contributed by atoms with Gasteiger partial charge < -0.3 is 20.3 Å². The second-order valence-corrected chi connectivity index (χ2v) is 11.6. The summed E-state index contributed by atoms with van der Waals surface area (Å²) in [7, 11) is 0. The molecule has 1 aliphatic heterocycles. The van der Waals surface area contributed by atoms with Crippen LogP contribution in [0.3, 0.4) is 0 Å². The number of aromatic nitrogens is 1. The minimum absolute atomic E-state index is 0.124. The Labute approximate surface area is 242 Å². The number of morpholine rings is 1. The summed E-state index contributed by atoms with van der Waals surface area (Å²) in [5.74, 6) is -0.698. The molecule has 0 bridgehead atoms. The van der Waals surface area contributed by atoms with Gasteiger partial charge in [0.1, 0.15) is 0 Å². The van der Waals surface area contributed by atoms with Crippen molar-refractivity contribution in [2.45, 2.75) is 4.34 Å².